The smallest absolute Gasteiger partial charge is 0.125 e. The molecule has 2 N–H and O–H groups in total. The summed E-state index contributed by atoms with van der Waals surface area (Å²) >= 11 is 0. The van der Waals surface area contributed by atoms with Crippen LogP contribution in [0.25, 0.3) is 0 Å². The summed E-state index contributed by atoms with van der Waals surface area (Å²) in [5, 5.41) is 0. The van der Waals surface area contributed by atoms with E-state index < -0.39 is 0 Å². The molecule has 0 bridgehead atoms. The van der Waals surface area contributed by atoms with Gasteiger partial charge in [-0.25, -0.2) is 4.39 Å². The van der Waals surface area contributed by atoms with Gasteiger partial charge in [0.2, 0.25) is 0 Å². The maximum atomic E-state index is 13.4. The summed E-state index contributed by atoms with van der Waals surface area (Å²) in [5.41, 5.74) is 6.96. The van der Waals surface area contributed by atoms with Crippen LogP contribution >= 0.6 is 0 Å². The van der Waals surface area contributed by atoms with E-state index in [9.17, 15) is 4.39 Å². The second-order valence-corrected chi connectivity index (χ2v) is 6.47. The van der Waals surface area contributed by atoms with E-state index in [2.05, 4.69) is 11.8 Å². The number of hydrogen-bond acceptors (Lipinski definition) is 3. The summed E-state index contributed by atoms with van der Waals surface area (Å²) < 4.78 is 19.7. The van der Waals surface area contributed by atoms with Crippen LogP contribution in [0.4, 0.5) is 4.39 Å². The van der Waals surface area contributed by atoms with Gasteiger partial charge in [-0.1, -0.05) is 6.92 Å². The van der Waals surface area contributed by atoms with Crippen molar-refractivity contribution in [3.63, 3.8) is 0 Å². The monoisotopic (exact) mass is 292 g/mol. The highest BCUT2D eigenvalue weighted by Gasteiger charge is 2.40. The summed E-state index contributed by atoms with van der Waals surface area (Å²) in [6.07, 6.45) is 5.18. The van der Waals surface area contributed by atoms with E-state index in [-0.39, 0.29) is 17.5 Å². The average molecular weight is 292 g/mol. The van der Waals surface area contributed by atoms with Gasteiger partial charge in [-0.2, -0.15) is 0 Å². The van der Waals surface area contributed by atoms with Crippen molar-refractivity contribution >= 4 is 0 Å². The molecule has 0 aromatic heterocycles. The molecular formula is C17H25FN2O. The zero-order valence-corrected chi connectivity index (χ0v) is 12.8. The van der Waals surface area contributed by atoms with Gasteiger partial charge in [-0.3, -0.25) is 0 Å². The standard InChI is InChI=1S/C17H25FN2O/c1-2-8-20-9-3-6-17(7-10-20)12-15(19)14-11-13(18)4-5-16(14)21-17/h4-5,11,15H,2-3,6-10,12,19H2,1H3/t15-,17?/m0/s1. The Balaban J connectivity index is 1.79. The van der Waals surface area contributed by atoms with Crippen molar-refractivity contribution in [2.75, 3.05) is 19.6 Å². The number of rotatable bonds is 2. The van der Waals surface area contributed by atoms with Crippen LogP contribution in [0.15, 0.2) is 18.2 Å². The predicted molar refractivity (Wildman–Crippen MR) is 81.9 cm³/mol. The minimum atomic E-state index is -0.237. The van der Waals surface area contributed by atoms with Crippen molar-refractivity contribution in [2.24, 2.45) is 5.73 Å². The Morgan fingerprint density at radius 1 is 1.38 bits per heavy atom. The molecule has 3 nitrogen and oxygen atoms in total. The first-order valence-corrected chi connectivity index (χ1v) is 8.08. The zero-order chi connectivity index (χ0) is 14.9. The van der Waals surface area contributed by atoms with Crippen LogP contribution < -0.4 is 10.5 Å². The highest BCUT2D eigenvalue weighted by molar-refractivity contribution is 5.39. The second kappa shape index (κ2) is 5.93. The average Bonchev–Trinajstić information content (AvgIpc) is 2.64. The van der Waals surface area contributed by atoms with Crippen LogP contribution in [0.2, 0.25) is 0 Å². The van der Waals surface area contributed by atoms with Gasteiger partial charge < -0.3 is 15.4 Å². The normalized spacial score (nSPS) is 29.8. The van der Waals surface area contributed by atoms with Crippen molar-refractivity contribution in [3.8, 4) is 5.75 Å². The van der Waals surface area contributed by atoms with Crippen LogP contribution in [0.5, 0.6) is 5.75 Å². The molecule has 1 saturated heterocycles. The molecule has 0 radical (unpaired) electrons. The lowest BCUT2D eigenvalue weighted by Crippen LogP contribution is -2.43. The molecule has 1 aromatic rings. The van der Waals surface area contributed by atoms with Crippen molar-refractivity contribution in [3.05, 3.63) is 29.6 Å². The molecule has 116 valence electrons. The molecule has 21 heavy (non-hydrogen) atoms. The zero-order valence-electron chi connectivity index (χ0n) is 12.8. The number of benzene rings is 1. The summed E-state index contributed by atoms with van der Waals surface area (Å²) in [6.45, 7) is 5.59. The fourth-order valence-corrected chi connectivity index (χ4v) is 3.76. The van der Waals surface area contributed by atoms with E-state index in [4.69, 9.17) is 10.5 Å². The fourth-order valence-electron chi connectivity index (χ4n) is 3.76. The molecule has 2 heterocycles. The molecule has 0 amide bonds. The van der Waals surface area contributed by atoms with Gasteiger partial charge in [0.25, 0.3) is 0 Å². The second-order valence-electron chi connectivity index (χ2n) is 6.47. The number of ether oxygens (including phenoxy) is 1. The predicted octanol–water partition coefficient (Wildman–Crippen LogP) is 3.24. The minimum Gasteiger partial charge on any atom is -0.487 e. The number of halogens is 1. The van der Waals surface area contributed by atoms with Crippen LogP contribution in [0, 0.1) is 5.82 Å². The molecule has 1 aromatic carbocycles. The van der Waals surface area contributed by atoms with Crippen LogP contribution in [0.1, 0.15) is 50.6 Å². The molecule has 0 aliphatic carbocycles. The van der Waals surface area contributed by atoms with Crippen LogP contribution in [-0.2, 0) is 0 Å². The Labute approximate surface area is 126 Å². The largest absolute Gasteiger partial charge is 0.487 e. The molecule has 2 aliphatic rings. The summed E-state index contributed by atoms with van der Waals surface area (Å²) in [5.74, 6) is 0.540. The molecule has 3 rings (SSSR count). The summed E-state index contributed by atoms with van der Waals surface area (Å²) in [4.78, 5) is 2.52. The van der Waals surface area contributed by atoms with E-state index in [0.29, 0.717) is 0 Å². The molecule has 0 saturated carbocycles. The van der Waals surface area contributed by atoms with E-state index in [1.807, 2.05) is 0 Å². The van der Waals surface area contributed by atoms with Gasteiger partial charge in [-0.05, 0) is 57.0 Å². The number of nitrogens with two attached hydrogens (primary N) is 1. The molecular weight excluding hydrogens is 267 g/mol. The minimum absolute atomic E-state index is 0.123. The summed E-state index contributed by atoms with van der Waals surface area (Å²) in [6, 6.07) is 4.60. The van der Waals surface area contributed by atoms with Gasteiger partial charge in [0.15, 0.2) is 0 Å². The first-order valence-electron chi connectivity index (χ1n) is 8.08. The van der Waals surface area contributed by atoms with Crippen molar-refractivity contribution in [1.82, 2.24) is 4.90 Å². The van der Waals surface area contributed by atoms with Gasteiger partial charge in [-0.15, -0.1) is 0 Å². The lowest BCUT2D eigenvalue weighted by Gasteiger charge is -2.41. The SMILES string of the molecule is CCCN1CCCC2(CC1)C[C@H](N)c1cc(F)ccc1O2. The quantitative estimate of drug-likeness (QED) is 0.909. The van der Waals surface area contributed by atoms with Crippen LogP contribution in [-0.4, -0.2) is 30.1 Å². The third kappa shape index (κ3) is 3.06. The lowest BCUT2D eigenvalue weighted by atomic mass is 9.82. The van der Waals surface area contributed by atoms with Gasteiger partial charge in [0.05, 0.1) is 0 Å². The molecule has 2 atom stereocenters. The molecule has 1 fully saturated rings. The maximum absolute atomic E-state index is 13.4. The number of hydrogen-bond donors (Lipinski definition) is 1. The van der Waals surface area contributed by atoms with Crippen molar-refractivity contribution in [1.29, 1.82) is 0 Å². The molecule has 2 aliphatic heterocycles. The maximum Gasteiger partial charge on any atom is 0.125 e. The van der Waals surface area contributed by atoms with Crippen LogP contribution in [0.3, 0.4) is 0 Å². The van der Waals surface area contributed by atoms with Gasteiger partial charge in [0, 0.05) is 24.6 Å². The van der Waals surface area contributed by atoms with E-state index in [0.717, 1.165) is 56.6 Å². The van der Waals surface area contributed by atoms with Gasteiger partial charge >= 0.3 is 0 Å². The highest BCUT2D eigenvalue weighted by atomic mass is 19.1. The fraction of sp³-hybridized carbons (Fsp3) is 0.647. The summed E-state index contributed by atoms with van der Waals surface area (Å²) in [7, 11) is 0. The number of likely N-dealkylation sites (tertiary alicyclic amines) is 1. The topological polar surface area (TPSA) is 38.5 Å². The van der Waals surface area contributed by atoms with Crippen molar-refractivity contribution in [2.45, 2.75) is 50.7 Å². The Kier molecular flexibility index (Phi) is 4.18. The molecule has 1 unspecified atom stereocenters. The Hall–Kier alpha value is -1.13. The van der Waals surface area contributed by atoms with Gasteiger partial charge in [0.1, 0.15) is 17.2 Å². The molecule has 4 heteroatoms. The number of nitrogens with zero attached hydrogens (tertiary/aromatic N) is 1. The van der Waals surface area contributed by atoms with E-state index in [1.54, 1.807) is 6.07 Å². The number of fused-ring (bicyclic) bond motifs is 1. The first kappa shape index (κ1) is 14.8. The van der Waals surface area contributed by atoms with E-state index in [1.165, 1.54) is 18.6 Å². The lowest BCUT2D eigenvalue weighted by molar-refractivity contribution is 0.0216. The molecule has 1 spiro atoms. The third-order valence-corrected chi connectivity index (χ3v) is 4.82. The Morgan fingerprint density at radius 3 is 3.05 bits per heavy atom. The Morgan fingerprint density at radius 2 is 2.24 bits per heavy atom. The first-order chi connectivity index (χ1) is 10.1. The third-order valence-electron chi connectivity index (χ3n) is 4.82. The van der Waals surface area contributed by atoms with Crippen molar-refractivity contribution < 1.29 is 9.13 Å². The highest BCUT2D eigenvalue weighted by Crippen LogP contribution is 2.43. The Bertz CT molecular complexity index is 508. The van der Waals surface area contributed by atoms with E-state index >= 15 is 0 Å².